The van der Waals surface area contributed by atoms with Crippen LogP contribution in [0.3, 0.4) is 0 Å². The highest BCUT2D eigenvalue weighted by Crippen LogP contribution is 2.38. The maximum Gasteiger partial charge on any atom is 0.296 e. The minimum absolute atomic E-state index is 0.164. The number of hydrogen-bond donors (Lipinski definition) is 1. The van der Waals surface area contributed by atoms with Gasteiger partial charge in [0.15, 0.2) is 4.90 Å². The highest BCUT2D eigenvalue weighted by Gasteiger charge is 2.31. The number of para-hydroxylation sites is 1. The zero-order valence-corrected chi connectivity index (χ0v) is 25.1. The normalized spacial score (nSPS) is 13.6. The summed E-state index contributed by atoms with van der Waals surface area (Å²) in [5.74, 6) is 0.882. The van der Waals surface area contributed by atoms with Crippen LogP contribution in [0.25, 0.3) is 16.8 Å². The minimum Gasteiger partial charge on any atom is -0.494 e. The number of aryl methyl sites for hydroxylation is 1. The third-order valence-electron chi connectivity index (χ3n) is 7.33. The molecule has 1 aliphatic rings. The molecular formula is C31H34N4O7S. The molecule has 43 heavy (non-hydrogen) atoms. The predicted molar refractivity (Wildman–Crippen MR) is 161 cm³/mol. The molecule has 2 aromatic carbocycles. The fraction of sp³-hybridized carbons (Fsp3) is 0.323. The Hall–Kier alpha value is -4.42. The van der Waals surface area contributed by atoms with E-state index in [4.69, 9.17) is 14.2 Å². The summed E-state index contributed by atoms with van der Waals surface area (Å²) in [6.45, 7) is 4.83. The molecule has 0 spiro atoms. The number of aromatic hydroxyl groups is 1. The largest absolute Gasteiger partial charge is 0.494 e. The first-order valence-corrected chi connectivity index (χ1v) is 15.5. The summed E-state index contributed by atoms with van der Waals surface area (Å²) in [6, 6.07) is 14.9. The van der Waals surface area contributed by atoms with Crippen molar-refractivity contribution in [1.29, 1.82) is 0 Å². The molecule has 226 valence electrons. The van der Waals surface area contributed by atoms with Gasteiger partial charge in [0.05, 0.1) is 32.3 Å². The first kappa shape index (κ1) is 30.1. The van der Waals surface area contributed by atoms with Crippen LogP contribution in [0.2, 0.25) is 0 Å². The van der Waals surface area contributed by atoms with Gasteiger partial charge in [0, 0.05) is 31.3 Å². The van der Waals surface area contributed by atoms with Crippen molar-refractivity contribution in [3.63, 3.8) is 0 Å². The van der Waals surface area contributed by atoms with E-state index < -0.39 is 26.2 Å². The lowest BCUT2D eigenvalue weighted by Crippen LogP contribution is -2.36. The standard InChI is InChI=1S/C31H34N4O7S/c1-4-5-9-27-33-30(36)29(31(37)35(27)28-24(40-2)7-6-8-25(28)41-3)43(38,39)23-13-10-21(11-14-23)22-12-15-26(32-20-22)34-16-18-42-19-17-34/h6-8,10-15,20,37H,4-5,9,16-19H2,1-3H3. The summed E-state index contributed by atoms with van der Waals surface area (Å²) in [5.41, 5.74) is 0.744. The second-order valence-electron chi connectivity index (χ2n) is 9.97. The maximum absolute atomic E-state index is 13.9. The Morgan fingerprint density at radius 1 is 0.953 bits per heavy atom. The molecule has 11 nitrogen and oxygen atoms in total. The number of ether oxygens (including phenoxy) is 3. The third-order valence-corrected chi connectivity index (χ3v) is 9.11. The molecule has 0 aliphatic carbocycles. The highest BCUT2D eigenvalue weighted by atomic mass is 32.2. The molecule has 5 rings (SSSR count). The number of morpholine rings is 1. The Labute approximate surface area is 250 Å². The van der Waals surface area contributed by atoms with Crippen molar-refractivity contribution in [2.75, 3.05) is 45.4 Å². The van der Waals surface area contributed by atoms with E-state index in [0.29, 0.717) is 37.6 Å². The average molecular weight is 607 g/mol. The van der Waals surface area contributed by atoms with Gasteiger partial charge < -0.3 is 24.2 Å². The van der Waals surface area contributed by atoms with Gasteiger partial charge in [-0.15, -0.1) is 0 Å². The van der Waals surface area contributed by atoms with Crippen LogP contribution < -0.4 is 19.9 Å². The summed E-state index contributed by atoms with van der Waals surface area (Å²) in [4.78, 5) is 23.1. The molecule has 12 heteroatoms. The summed E-state index contributed by atoms with van der Waals surface area (Å²) >= 11 is 0. The number of sulfone groups is 1. The quantitative estimate of drug-likeness (QED) is 0.282. The number of hydrogen-bond acceptors (Lipinski definition) is 10. The molecule has 1 aliphatic heterocycles. The molecule has 1 fully saturated rings. The van der Waals surface area contributed by atoms with Crippen LogP contribution in [-0.4, -0.2) is 68.6 Å². The van der Waals surface area contributed by atoms with Gasteiger partial charge in [0.2, 0.25) is 15.7 Å². The van der Waals surface area contributed by atoms with Crippen molar-refractivity contribution in [2.45, 2.75) is 36.0 Å². The zero-order chi connectivity index (χ0) is 30.6. The fourth-order valence-electron chi connectivity index (χ4n) is 5.04. The van der Waals surface area contributed by atoms with Crippen LogP contribution in [0.4, 0.5) is 5.82 Å². The summed E-state index contributed by atoms with van der Waals surface area (Å²) in [7, 11) is -1.60. The Morgan fingerprint density at radius 2 is 1.60 bits per heavy atom. The van der Waals surface area contributed by atoms with Crippen molar-refractivity contribution in [1.82, 2.24) is 14.5 Å². The molecule has 2 aromatic heterocycles. The van der Waals surface area contributed by atoms with Crippen LogP contribution in [0.5, 0.6) is 17.4 Å². The van der Waals surface area contributed by atoms with Gasteiger partial charge in [-0.1, -0.05) is 31.5 Å². The van der Waals surface area contributed by atoms with Crippen LogP contribution in [0.15, 0.2) is 75.4 Å². The summed E-state index contributed by atoms with van der Waals surface area (Å²) < 4.78 is 45.4. The van der Waals surface area contributed by atoms with E-state index in [0.717, 1.165) is 36.5 Å². The third kappa shape index (κ3) is 5.93. The first-order valence-electron chi connectivity index (χ1n) is 14.0. The molecule has 3 heterocycles. The topological polar surface area (TPSA) is 133 Å². The summed E-state index contributed by atoms with van der Waals surface area (Å²) in [5, 5.41) is 11.5. The lowest BCUT2D eigenvalue weighted by atomic mass is 10.1. The van der Waals surface area contributed by atoms with Gasteiger partial charge in [-0.25, -0.2) is 13.4 Å². The van der Waals surface area contributed by atoms with Crippen molar-refractivity contribution >= 4 is 15.7 Å². The van der Waals surface area contributed by atoms with E-state index in [1.54, 1.807) is 36.5 Å². The number of anilines is 1. The minimum atomic E-state index is -4.49. The van der Waals surface area contributed by atoms with Gasteiger partial charge >= 0.3 is 0 Å². The number of rotatable bonds is 10. The van der Waals surface area contributed by atoms with E-state index in [9.17, 15) is 18.3 Å². The van der Waals surface area contributed by atoms with Gasteiger partial charge in [-0.05, 0) is 48.4 Å². The second kappa shape index (κ2) is 12.8. The monoisotopic (exact) mass is 606 g/mol. The zero-order valence-electron chi connectivity index (χ0n) is 24.3. The second-order valence-corrected chi connectivity index (χ2v) is 11.9. The number of unbranched alkanes of at least 4 members (excludes halogenated alkanes) is 1. The van der Waals surface area contributed by atoms with Gasteiger partial charge in [-0.3, -0.25) is 9.36 Å². The molecule has 0 saturated carbocycles. The van der Waals surface area contributed by atoms with Gasteiger partial charge in [-0.2, -0.15) is 4.98 Å². The Bertz CT molecular complexity index is 1730. The first-order chi connectivity index (χ1) is 20.8. The average Bonchev–Trinajstić information content (AvgIpc) is 3.04. The molecular weight excluding hydrogens is 572 g/mol. The number of methoxy groups -OCH3 is 2. The number of nitrogens with zero attached hydrogens (tertiary/aromatic N) is 4. The lowest BCUT2D eigenvalue weighted by Gasteiger charge is -2.27. The maximum atomic E-state index is 13.9. The molecule has 0 radical (unpaired) electrons. The van der Waals surface area contributed by atoms with Crippen LogP contribution in [0.1, 0.15) is 25.6 Å². The van der Waals surface area contributed by atoms with Crippen LogP contribution >= 0.6 is 0 Å². The van der Waals surface area contributed by atoms with Crippen molar-refractivity contribution in [2.24, 2.45) is 0 Å². The van der Waals surface area contributed by atoms with E-state index >= 15 is 0 Å². The van der Waals surface area contributed by atoms with Crippen LogP contribution in [-0.2, 0) is 21.0 Å². The SMILES string of the molecule is CCCCc1nc(=O)c(S(=O)(=O)c2ccc(-c3ccc(N4CCOCC4)nc3)cc2)c(O)n1-c1c(OC)cccc1OC. The van der Waals surface area contributed by atoms with Crippen molar-refractivity contribution in [3.8, 4) is 34.2 Å². The van der Waals surface area contributed by atoms with Crippen molar-refractivity contribution < 1.29 is 27.7 Å². The van der Waals surface area contributed by atoms with E-state index in [1.165, 1.54) is 30.9 Å². The van der Waals surface area contributed by atoms with Crippen LogP contribution in [0, 0.1) is 0 Å². The molecule has 1 N–H and O–H groups in total. The van der Waals surface area contributed by atoms with E-state index in [2.05, 4.69) is 14.9 Å². The smallest absolute Gasteiger partial charge is 0.296 e. The van der Waals surface area contributed by atoms with E-state index in [1.807, 2.05) is 19.1 Å². The Morgan fingerprint density at radius 3 is 2.19 bits per heavy atom. The van der Waals surface area contributed by atoms with Gasteiger partial charge in [0.1, 0.15) is 28.8 Å². The number of pyridine rings is 1. The Balaban J connectivity index is 1.55. The molecule has 1 saturated heterocycles. The highest BCUT2D eigenvalue weighted by molar-refractivity contribution is 7.91. The molecule has 0 amide bonds. The van der Waals surface area contributed by atoms with E-state index in [-0.39, 0.29) is 16.4 Å². The van der Waals surface area contributed by atoms with Crippen molar-refractivity contribution in [3.05, 3.63) is 77.0 Å². The van der Waals surface area contributed by atoms with Gasteiger partial charge in [0.25, 0.3) is 5.56 Å². The molecule has 0 unspecified atom stereocenters. The molecule has 0 bridgehead atoms. The molecule has 4 aromatic rings. The lowest BCUT2D eigenvalue weighted by molar-refractivity contribution is 0.122. The number of benzene rings is 2. The number of aromatic nitrogens is 3. The Kier molecular flexibility index (Phi) is 8.97. The predicted octanol–water partition coefficient (Wildman–Crippen LogP) is 4.03. The summed E-state index contributed by atoms with van der Waals surface area (Å²) in [6.07, 6.45) is 3.49. The molecule has 0 atom stereocenters. The fourth-order valence-corrected chi connectivity index (χ4v) is 6.38.